The van der Waals surface area contributed by atoms with Gasteiger partial charge in [-0.05, 0) is 24.1 Å². The van der Waals surface area contributed by atoms with Crippen LogP contribution in [0.25, 0.3) is 11.1 Å². The summed E-state index contributed by atoms with van der Waals surface area (Å²) in [6.07, 6.45) is -7.03. The molecule has 0 saturated carbocycles. The average molecular weight is 261 g/mol. The van der Waals surface area contributed by atoms with Gasteiger partial charge in [0.2, 0.25) is 0 Å². The van der Waals surface area contributed by atoms with Gasteiger partial charge < -0.3 is 9.52 Å². The Morgan fingerprint density at radius 3 is 2.78 bits per heavy atom. The van der Waals surface area contributed by atoms with Crippen LogP contribution in [-0.2, 0) is 0 Å². The van der Waals surface area contributed by atoms with Crippen molar-refractivity contribution in [3.8, 4) is 0 Å². The summed E-state index contributed by atoms with van der Waals surface area (Å²) in [5.41, 5.74) is 0.935. The molecule has 98 valence electrons. The summed E-state index contributed by atoms with van der Waals surface area (Å²) in [5, 5.41) is 9.62. The first-order valence-corrected chi connectivity index (χ1v) is 5.23. The number of aromatic amines is 1. The minimum atomic E-state index is -4.30. The number of rotatable bonds is 3. The summed E-state index contributed by atoms with van der Waals surface area (Å²) in [6.45, 7) is 0. The molecule has 0 aliphatic carbocycles. The van der Waals surface area contributed by atoms with Gasteiger partial charge in [0.15, 0.2) is 5.58 Å². The molecule has 2 rings (SSSR count). The topological polar surface area (TPSA) is 66.2 Å². The number of halogens is 3. The van der Waals surface area contributed by atoms with E-state index in [1.807, 2.05) is 0 Å². The van der Waals surface area contributed by atoms with Gasteiger partial charge in [0.25, 0.3) is 0 Å². The second kappa shape index (κ2) is 4.49. The summed E-state index contributed by atoms with van der Waals surface area (Å²) >= 11 is 0. The van der Waals surface area contributed by atoms with Crippen molar-refractivity contribution in [3.63, 3.8) is 0 Å². The van der Waals surface area contributed by atoms with Crippen LogP contribution in [0.2, 0.25) is 0 Å². The zero-order valence-corrected chi connectivity index (χ0v) is 9.12. The predicted octanol–water partition coefficient (Wildman–Crippen LogP) is 2.50. The van der Waals surface area contributed by atoms with Crippen molar-refractivity contribution in [3.05, 3.63) is 34.3 Å². The molecular formula is C11H10F3NO3. The fraction of sp³-hybridized carbons (Fsp3) is 0.364. The molecule has 0 amide bonds. The van der Waals surface area contributed by atoms with Crippen molar-refractivity contribution < 1.29 is 22.7 Å². The number of benzene rings is 1. The lowest BCUT2D eigenvalue weighted by Crippen LogP contribution is -2.10. The van der Waals surface area contributed by atoms with E-state index in [-0.39, 0.29) is 11.1 Å². The van der Waals surface area contributed by atoms with Gasteiger partial charge in [0.05, 0.1) is 11.6 Å². The summed E-state index contributed by atoms with van der Waals surface area (Å²) in [6, 6.07) is 4.29. The summed E-state index contributed by atoms with van der Waals surface area (Å²) in [7, 11) is 0. The minimum Gasteiger partial charge on any atom is -0.408 e. The molecule has 4 nitrogen and oxygen atoms in total. The van der Waals surface area contributed by atoms with E-state index in [0.717, 1.165) is 0 Å². The summed E-state index contributed by atoms with van der Waals surface area (Å²) < 4.78 is 40.8. The van der Waals surface area contributed by atoms with Gasteiger partial charge in [-0.25, -0.2) is 4.79 Å². The van der Waals surface area contributed by atoms with Gasteiger partial charge in [0, 0.05) is 6.42 Å². The molecule has 0 fully saturated rings. The molecule has 0 saturated heterocycles. The van der Waals surface area contributed by atoms with E-state index in [1.165, 1.54) is 18.2 Å². The van der Waals surface area contributed by atoms with Crippen LogP contribution in [0.1, 0.15) is 24.5 Å². The number of hydrogen-bond donors (Lipinski definition) is 2. The normalized spacial score (nSPS) is 14.0. The monoisotopic (exact) mass is 261 g/mol. The SMILES string of the molecule is O=c1[nH]c2ccc(C(O)CCC(F)(F)F)cc2o1. The minimum absolute atomic E-state index is 0.212. The molecule has 0 bridgehead atoms. The highest BCUT2D eigenvalue weighted by molar-refractivity contribution is 5.72. The average Bonchev–Trinajstić information content (AvgIpc) is 2.63. The highest BCUT2D eigenvalue weighted by Gasteiger charge is 2.28. The number of fused-ring (bicyclic) bond motifs is 1. The molecule has 1 heterocycles. The first kappa shape index (κ1) is 12.7. The van der Waals surface area contributed by atoms with Crippen LogP contribution in [0.3, 0.4) is 0 Å². The lowest BCUT2D eigenvalue weighted by Gasteiger charge is -2.12. The highest BCUT2D eigenvalue weighted by atomic mass is 19.4. The molecule has 0 aliphatic rings. The number of H-pyrrole nitrogens is 1. The molecule has 1 unspecified atom stereocenters. The molecule has 2 N–H and O–H groups in total. The molecule has 1 aromatic heterocycles. The Kier molecular flexibility index (Phi) is 3.16. The maximum Gasteiger partial charge on any atom is 0.417 e. The second-order valence-corrected chi connectivity index (χ2v) is 3.94. The number of nitrogens with one attached hydrogen (secondary N) is 1. The van der Waals surface area contributed by atoms with Crippen LogP contribution in [0, 0.1) is 0 Å². The number of aromatic nitrogens is 1. The molecular weight excluding hydrogens is 251 g/mol. The molecule has 18 heavy (non-hydrogen) atoms. The number of hydrogen-bond acceptors (Lipinski definition) is 3. The molecule has 0 radical (unpaired) electrons. The van der Waals surface area contributed by atoms with E-state index in [2.05, 4.69) is 4.98 Å². The van der Waals surface area contributed by atoms with Gasteiger partial charge in [-0.1, -0.05) is 6.07 Å². The van der Waals surface area contributed by atoms with Crippen molar-refractivity contribution in [2.75, 3.05) is 0 Å². The van der Waals surface area contributed by atoms with E-state index < -0.39 is 30.9 Å². The lowest BCUT2D eigenvalue weighted by atomic mass is 10.0. The molecule has 1 aromatic carbocycles. The standard InChI is InChI=1S/C11H10F3NO3/c12-11(13,14)4-3-8(16)6-1-2-7-9(5-6)18-10(17)15-7/h1-2,5,8,16H,3-4H2,(H,15,17). The largest absolute Gasteiger partial charge is 0.417 e. The third-order valence-corrected chi connectivity index (χ3v) is 2.53. The number of alkyl halides is 3. The zero-order chi connectivity index (χ0) is 13.3. The zero-order valence-electron chi connectivity index (χ0n) is 9.12. The van der Waals surface area contributed by atoms with Crippen LogP contribution in [0.5, 0.6) is 0 Å². The van der Waals surface area contributed by atoms with Crippen LogP contribution in [0.4, 0.5) is 13.2 Å². The van der Waals surface area contributed by atoms with Gasteiger partial charge in [0.1, 0.15) is 0 Å². The fourth-order valence-corrected chi connectivity index (χ4v) is 1.64. The van der Waals surface area contributed by atoms with E-state index in [4.69, 9.17) is 4.42 Å². The van der Waals surface area contributed by atoms with E-state index >= 15 is 0 Å². The molecule has 7 heteroatoms. The Bertz CT molecular complexity index is 599. The van der Waals surface area contributed by atoms with E-state index in [9.17, 15) is 23.1 Å². The third kappa shape index (κ3) is 2.92. The summed E-state index contributed by atoms with van der Waals surface area (Å²) in [4.78, 5) is 13.3. The van der Waals surface area contributed by atoms with E-state index in [1.54, 1.807) is 0 Å². The highest BCUT2D eigenvalue weighted by Crippen LogP contribution is 2.28. The number of aliphatic hydroxyl groups is 1. The third-order valence-electron chi connectivity index (χ3n) is 2.53. The first-order valence-electron chi connectivity index (χ1n) is 5.23. The number of oxazole rings is 1. The summed E-state index contributed by atoms with van der Waals surface area (Å²) in [5.74, 6) is -0.646. The molecule has 0 aliphatic heterocycles. The van der Waals surface area contributed by atoms with Crippen molar-refractivity contribution in [2.45, 2.75) is 25.1 Å². The van der Waals surface area contributed by atoms with Crippen molar-refractivity contribution in [2.24, 2.45) is 0 Å². The molecule has 1 atom stereocenters. The van der Waals surface area contributed by atoms with Gasteiger partial charge in [-0.2, -0.15) is 13.2 Å². The van der Waals surface area contributed by atoms with E-state index in [0.29, 0.717) is 5.52 Å². The van der Waals surface area contributed by atoms with Crippen molar-refractivity contribution >= 4 is 11.1 Å². The van der Waals surface area contributed by atoms with Gasteiger partial charge in [-0.3, -0.25) is 4.98 Å². The molecule has 2 aromatic rings. The Hall–Kier alpha value is -1.76. The maximum absolute atomic E-state index is 12.0. The van der Waals surface area contributed by atoms with Crippen LogP contribution >= 0.6 is 0 Å². The smallest absolute Gasteiger partial charge is 0.408 e. The predicted molar refractivity (Wildman–Crippen MR) is 57.1 cm³/mol. The Morgan fingerprint density at radius 2 is 2.11 bits per heavy atom. The van der Waals surface area contributed by atoms with Crippen molar-refractivity contribution in [1.82, 2.24) is 4.98 Å². The van der Waals surface area contributed by atoms with Gasteiger partial charge in [-0.15, -0.1) is 0 Å². The fourth-order valence-electron chi connectivity index (χ4n) is 1.64. The second-order valence-electron chi connectivity index (χ2n) is 3.94. The quantitative estimate of drug-likeness (QED) is 0.892. The maximum atomic E-state index is 12.0. The van der Waals surface area contributed by atoms with Crippen LogP contribution in [0.15, 0.2) is 27.4 Å². The Labute approximate surface area is 99.0 Å². The number of aliphatic hydroxyl groups excluding tert-OH is 1. The van der Waals surface area contributed by atoms with Crippen LogP contribution in [-0.4, -0.2) is 16.3 Å². The first-order chi connectivity index (χ1) is 8.35. The molecule has 0 spiro atoms. The van der Waals surface area contributed by atoms with Crippen molar-refractivity contribution in [1.29, 1.82) is 0 Å². The van der Waals surface area contributed by atoms with Gasteiger partial charge >= 0.3 is 11.9 Å². The Morgan fingerprint density at radius 1 is 1.39 bits per heavy atom. The lowest BCUT2D eigenvalue weighted by molar-refractivity contribution is -0.140. The Balaban J connectivity index is 2.17. The van der Waals surface area contributed by atoms with Crippen LogP contribution < -0.4 is 5.76 Å².